The van der Waals surface area contributed by atoms with Gasteiger partial charge in [-0.2, -0.15) is 0 Å². The van der Waals surface area contributed by atoms with Crippen LogP contribution in [0, 0.1) is 5.82 Å². The van der Waals surface area contributed by atoms with Crippen molar-refractivity contribution in [2.24, 2.45) is 0 Å². The van der Waals surface area contributed by atoms with Gasteiger partial charge in [0.05, 0.1) is 10.6 Å². The molecule has 4 rings (SSSR count). The Morgan fingerprint density at radius 2 is 1.88 bits per heavy atom. The fraction of sp³-hybridized carbons (Fsp3) is 0.0952. The zero-order valence-electron chi connectivity index (χ0n) is 14.0. The van der Waals surface area contributed by atoms with Crippen LogP contribution in [0.3, 0.4) is 0 Å². The summed E-state index contributed by atoms with van der Waals surface area (Å²) < 4.78 is 15.6. The highest BCUT2D eigenvalue weighted by atomic mass is 32.1. The summed E-state index contributed by atoms with van der Waals surface area (Å²) in [5, 5.41) is 5.74. The molecule has 0 saturated carbocycles. The lowest BCUT2D eigenvalue weighted by Crippen LogP contribution is -2.27. The van der Waals surface area contributed by atoms with Crippen molar-refractivity contribution in [3.8, 4) is 10.6 Å². The molecule has 0 radical (unpaired) electrons. The molecule has 1 N–H and O–H groups in total. The van der Waals surface area contributed by atoms with Crippen molar-refractivity contribution >= 4 is 28.1 Å². The van der Waals surface area contributed by atoms with Crippen molar-refractivity contribution in [2.75, 3.05) is 0 Å². The fourth-order valence-electron chi connectivity index (χ4n) is 3.04. The first kappa shape index (κ1) is 16.5. The van der Waals surface area contributed by atoms with Gasteiger partial charge in [0.2, 0.25) is 5.91 Å². The third-order valence-electron chi connectivity index (χ3n) is 4.27. The molecule has 0 spiro atoms. The second kappa shape index (κ2) is 7.14. The molecule has 0 saturated heterocycles. The quantitative estimate of drug-likeness (QED) is 0.541. The summed E-state index contributed by atoms with van der Waals surface area (Å²) in [4.78, 5) is 13.6. The molecule has 2 aromatic carbocycles. The third kappa shape index (κ3) is 3.39. The molecule has 2 aromatic heterocycles. The van der Waals surface area contributed by atoms with Gasteiger partial charge in [0.25, 0.3) is 0 Å². The minimum Gasteiger partial charge on any atom is -0.350 e. The number of hydrogen-bond acceptors (Lipinski definition) is 2. The molecule has 5 heteroatoms. The summed E-state index contributed by atoms with van der Waals surface area (Å²) >= 11 is 1.60. The largest absolute Gasteiger partial charge is 0.350 e. The van der Waals surface area contributed by atoms with Crippen LogP contribution in [0.25, 0.3) is 21.5 Å². The average Bonchev–Trinajstić information content (AvgIpc) is 3.29. The van der Waals surface area contributed by atoms with E-state index in [0.717, 1.165) is 27.0 Å². The maximum absolute atomic E-state index is 13.6. The number of benzene rings is 2. The number of rotatable bonds is 5. The van der Waals surface area contributed by atoms with Gasteiger partial charge in [-0.3, -0.25) is 4.79 Å². The van der Waals surface area contributed by atoms with E-state index >= 15 is 0 Å². The lowest BCUT2D eigenvalue weighted by atomic mass is 10.2. The molecule has 0 unspecified atom stereocenters. The molecule has 3 nitrogen and oxygen atoms in total. The number of fused-ring (bicyclic) bond motifs is 1. The van der Waals surface area contributed by atoms with Crippen LogP contribution in [0.4, 0.5) is 4.39 Å². The Kier molecular flexibility index (Phi) is 4.54. The first-order valence-electron chi connectivity index (χ1n) is 8.34. The van der Waals surface area contributed by atoms with Crippen LogP contribution in [0.2, 0.25) is 0 Å². The van der Waals surface area contributed by atoms with Gasteiger partial charge in [-0.15, -0.1) is 11.3 Å². The molecule has 0 aliphatic carbocycles. The predicted molar refractivity (Wildman–Crippen MR) is 103 cm³/mol. The van der Waals surface area contributed by atoms with Crippen LogP contribution < -0.4 is 5.32 Å². The van der Waals surface area contributed by atoms with E-state index in [4.69, 9.17) is 0 Å². The summed E-state index contributed by atoms with van der Waals surface area (Å²) in [5.74, 6) is -0.352. The van der Waals surface area contributed by atoms with E-state index in [9.17, 15) is 9.18 Å². The SMILES string of the molecule is O=C(Cn1c(-c2cccs2)cc2cc(F)ccc21)NCc1ccccc1. The van der Waals surface area contributed by atoms with Crippen molar-refractivity contribution in [2.45, 2.75) is 13.1 Å². The number of carbonyl (C=O) groups excluding carboxylic acids is 1. The lowest BCUT2D eigenvalue weighted by molar-refractivity contribution is -0.121. The first-order valence-corrected chi connectivity index (χ1v) is 9.22. The number of thiophene rings is 1. The number of hydrogen-bond donors (Lipinski definition) is 1. The van der Waals surface area contributed by atoms with Gasteiger partial charge in [0.15, 0.2) is 0 Å². The Morgan fingerprint density at radius 1 is 1.04 bits per heavy atom. The Hall–Kier alpha value is -2.92. The second-order valence-corrected chi connectivity index (χ2v) is 7.01. The van der Waals surface area contributed by atoms with Gasteiger partial charge >= 0.3 is 0 Å². The summed E-state index contributed by atoms with van der Waals surface area (Å²) in [7, 11) is 0. The monoisotopic (exact) mass is 364 g/mol. The van der Waals surface area contributed by atoms with Crippen molar-refractivity contribution in [3.63, 3.8) is 0 Å². The molecule has 26 heavy (non-hydrogen) atoms. The zero-order valence-corrected chi connectivity index (χ0v) is 14.8. The smallest absolute Gasteiger partial charge is 0.240 e. The van der Waals surface area contributed by atoms with Crippen LogP contribution >= 0.6 is 11.3 Å². The van der Waals surface area contributed by atoms with E-state index in [2.05, 4.69) is 5.32 Å². The van der Waals surface area contributed by atoms with Gasteiger partial charge in [-0.05, 0) is 41.3 Å². The van der Waals surface area contributed by atoms with E-state index in [1.54, 1.807) is 17.4 Å². The number of nitrogens with one attached hydrogen (secondary N) is 1. The Balaban J connectivity index is 1.62. The van der Waals surface area contributed by atoms with Crippen LogP contribution in [-0.4, -0.2) is 10.5 Å². The summed E-state index contributed by atoms with van der Waals surface area (Å²) in [6, 6.07) is 20.4. The van der Waals surface area contributed by atoms with Gasteiger partial charge < -0.3 is 9.88 Å². The molecule has 4 aromatic rings. The number of carbonyl (C=O) groups is 1. The molecular formula is C21H17FN2OS. The average molecular weight is 364 g/mol. The summed E-state index contributed by atoms with van der Waals surface area (Å²) in [6.07, 6.45) is 0. The van der Waals surface area contributed by atoms with E-state index in [1.165, 1.54) is 12.1 Å². The molecule has 0 fully saturated rings. The maximum Gasteiger partial charge on any atom is 0.240 e. The van der Waals surface area contributed by atoms with Gasteiger partial charge in [-0.1, -0.05) is 36.4 Å². The van der Waals surface area contributed by atoms with Crippen molar-refractivity contribution in [3.05, 3.63) is 83.5 Å². The molecule has 2 heterocycles. The van der Waals surface area contributed by atoms with E-state index in [-0.39, 0.29) is 18.3 Å². The second-order valence-electron chi connectivity index (χ2n) is 6.06. The van der Waals surface area contributed by atoms with Gasteiger partial charge in [0.1, 0.15) is 12.4 Å². The lowest BCUT2D eigenvalue weighted by Gasteiger charge is -2.11. The summed E-state index contributed by atoms with van der Waals surface area (Å²) in [6.45, 7) is 0.678. The van der Waals surface area contributed by atoms with Crippen molar-refractivity contribution in [1.82, 2.24) is 9.88 Å². The first-order chi connectivity index (χ1) is 12.7. The normalized spacial score (nSPS) is 11.0. The minimum atomic E-state index is -0.277. The topological polar surface area (TPSA) is 34.0 Å². The zero-order chi connectivity index (χ0) is 17.9. The molecule has 0 atom stereocenters. The highest BCUT2D eigenvalue weighted by Gasteiger charge is 2.14. The molecule has 0 aliphatic rings. The highest BCUT2D eigenvalue weighted by molar-refractivity contribution is 7.13. The minimum absolute atomic E-state index is 0.0755. The molecule has 0 aliphatic heterocycles. The van der Waals surface area contributed by atoms with Crippen molar-refractivity contribution < 1.29 is 9.18 Å². The molecule has 1 amide bonds. The maximum atomic E-state index is 13.6. The molecular weight excluding hydrogens is 347 g/mol. The Morgan fingerprint density at radius 3 is 2.65 bits per heavy atom. The van der Waals surface area contributed by atoms with E-state index in [1.807, 2.05) is 58.5 Å². The van der Waals surface area contributed by atoms with Gasteiger partial charge in [-0.25, -0.2) is 4.39 Å². The van der Waals surface area contributed by atoms with Crippen LogP contribution in [-0.2, 0) is 17.9 Å². The summed E-state index contributed by atoms with van der Waals surface area (Å²) in [5.41, 5.74) is 2.83. The molecule has 130 valence electrons. The Labute approximate surface area is 154 Å². The van der Waals surface area contributed by atoms with E-state index < -0.39 is 0 Å². The highest BCUT2D eigenvalue weighted by Crippen LogP contribution is 2.31. The molecule has 0 bridgehead atoms. The van der Waals surface area contributed by atoms with Crippen LogP contribution in [0.15, 0.2) is 72.1 Å². The number of halogens is 1. The third-order valence-corrected chi connectivity index (χ3v) is 5.16. The number of amides is 1. The van der Waals surface area contributed by atoms with Crippen LogP contribution in [0.5, 0.6) is 0 Å². The number of nitrogens with zero attached hydrogens (tertiary/aromatic N) is 1. The predicted octanol–water partition coefficient (Wildman–Crippen LogP) is 4.83. The van der Waals surface area contributed by atoms with E-state index in [0.29, 0.717) is 6.54 Å². The number of aromatic nitrogens is 1. The van der Waals surface area contributed by atoms with Crippen molar-refractivity contribution in [1.29, 1.82) is 0 Å². The van der Waals surface area contributed by atoms with Gasteiger partial charge in [0, 0.05) is 17.4 Å². The van der Waals surface area contributed by atoms with Crippen LogP contribution in [0.1, 0.15) is 5.56 Å². The fourth-order valence-corrected chi connectivity index (χ4v) is 3.79. The Bertz CT molecular complexity index is 1040. The standard InChI is InChI=1S/C21H17FN2OS/c22-17-8-9-18-16(11-17)12-19(20-7-4-10-26-20)24(18)14-21(25)23-13-15-5-2-1-3-6-15/h1-12H,13-14H2,(H,23,25).